The summed E-state index contributed by atoms with van der Waals surface area (Å²) in [6.07, 6.45) is 7.56. The standard InChI is InChI=1S/C25H30O5/c1-3-5-7-10-18-14-19(26)16-21(27)24(18)30-22-13-9-11-17-15-20(12-8-6-4-2)29-25(28)23(17)22/h9,11,13-16,26-27H,3-8,10,12H2,1-2H3. The minimum atomic E-state index is -0.444. The summed E-state index contributed by atoms with van der Waals surface area (Å²) in [5.74, 6) is 1.10. The van der Waals surface area contributed by atoms with E-state index in [2.05, 4.69) is 13.8 Å². The van der Waals surface area contributed by atoms with Gasteiger partial charge < -0.3 is 19.4 Å². The van der Waals surface area contributed by atoms with Crippen LogP contribution in [0, 0.1) is 0 Å². The van der Waals surface area contributed by atoms with Crippen LogP contribution >= 0.6 is 0 Å². The highest BCUT2D eigenvalue weighted by Gasteiger charge is 2.16. The van der Waals surface area contributed by atoms with Crippen LogP contribution < -0.4 is 10.4 Å². The van der Waals surface area contributed by atoms with Crippen molar-refractivity contribution in [1.29, 1.82) is 0 Å². The number of rotatable bonds is 10. The van der Waals surface area contributed by atoms with Crippen LogP contribution in [0.4, 0.5) is 0 Å². The zero-order chi connectivity index (χ0) is 21.5. The maximum Gasteiger partial charge on any atom is 0.347 e. The van der Waals surface area contributed by atoms with Crippen molar-refractivity contribution in [3.63, 3.8) is 0 Å². The number of phenols is 2. The molecule has 0 radical (unpaired) electrons. The molecule has 30 heavy (non-hydrogen) atoms. The minimum Gasteiger partial charge on any atom is -0.508 e. The second kappa shape index (κ2) is 10.2. The normalized spacial score (nSPS) is 11.1. The molecule has 0 spiro atoms. The van der Waals surface area contributed by atoms with Crippen molar-refractivity contribution in [2.45, 2.75) is 65.2 Å². The maximum absolute atomic E-state index is 12.7. The third-order valence-electron chi connectivity index (χ3n) is 5.22. The van der Waals surface area contributed by atoms with E-state index in [4.69, 9.17) is 9.15 Å². The van der Waals surface area contributed by atoms with Gasteiger partial charge in [-0.2, -0.15) is 0 Å². The van der Waals surface area contributed by atoms with Gasteiger partial charge in [0.2, 0.25) is 0 Å². The van der Waals surface area contributed by atoms with Crippen LogP contribution in [0.25, 0.3) is 10.8 Å². The molecular formula is C25H30O5. The molecule has 0 aliphatic heterocycles. The van der Waals surface area contributed by atoms with Crippen LogP contribution in [0.15, 0.2) is 45.6 Å². The Morgan fingerprint density at radius 2 is 1.67 bits per heavy atom. The molecule has 2 N–H and O–H groups in total. The van der Waals surface area contributed by atoms with Gasteiger partial charge >= 0.3 is 5.63 Å². The van der Waals surface area contributed by atoms with Gasteiger partial charge in [-0.25, -0.2) is 4.79 Å². The number of hydrogen-bond donors (Lipinski definition) is 2. The van der Waals surface area contributed by atoms with E-state index in [9.17, 15) is 15.0 Å². The molecule has 5 heteroatoms. The summed E-state index contributed by atoms with van der Waals surface area (Å²) in [7, 11) is 0. The molecule has 2 aromatic carbocycles. The number of unbranched alkanes of at least 4 members (excludes halogenated alkanes) is 4. The summed E-state index contributed by atoms with van der Waals surface area (Å²) in [5.41, 5.74) is 0.263. The Kier molecular flexibility index (Phi) is 7.39. The molecule has 3 aromatic rings. The number of hydrogen-bond acceptors (Lipinski definition) is 5. The first kappa shape index (κ1) is 21.8. The average molecular weight is 411 g/mol. The molecule has 5 nitrogen and oxygen atoms in total. The van der Waals surface area contributed by atoms with Crippen LogP contribution in [0.3, 0.4) is 0 Å². The second-order valence-corrected chi connectivity index (χ2v) is 7.69. The lowest BCUT2D eigenvalue weighted by Crippen LogP contribution is -2.04. The zero-order valence-electron chi connectivity index (χ0n) is 17.7. The van der Waals surface area contributed by atoms with Crippen molar-refractivity contribution in [2.75, 3.05) is 0 Å². The van der Waals surface area contributed by atoms with Crippen LogP contribution in [0.1, 0.15) is 63.7 Å². The Hall–Kier alpha value is -2.95. The van der Waals surface area contributed by atoms with Crippen molar-refractivity contribution >= 4 is 10.8 Å². The predicted octanol–water partition coefficient (Wildman–Crippen LogP) is 6.46. The molecule has 0 bridgehead atoms. The molecule has 0 fully saturated rings. The van der Waals surface area contributed by atoms with Gasteiger partial charge in [0.05, 0.1) is 0 Å². The van der Waals surface area contributed by atoms with Crippen LogP contribution in [0.2, 0.25) is 0 Å². The van der Waals surface area contributed by atoms with Crippen LogP contribution in [-0.4, -0.2) is 10.2 Å². The monoisotopic (exact) mass is 410 g/mol. The van der Waals surface area contributed by atoms with E-state index in [-0.39, 0.29) is 17.2 Å². The van der Waals surface area contributed by atoms with Crippen molar-refractivity contribution in [3.05, 3.63) is 58.1 Å². The van der Waals surface area contributed by atoms with Crippen molar-refractivity contribution in [3.8, 4) is 23.0 Å². The molecule has 0 aliphatic rings. The zero-order valence-corrected chi connectivity index (χ0v) is 17.7. The first-order valence-corrected chi connectivity index (χ1v) is 10.8. The highest BCUT2D eigenvalue weighted by Crippen LogP contribution is 2.40. The minimum absolute atomic E-state index is 0.0134. The largest absolute Gasteiger partial charge is 0.508 e. The molecule has 0 aliphatic carbocycles. The van der Waals surface area contributed by atoms with E-state index in [0.29, 0.717) is 28.9 Å². The second-order valence-electron chi connectivity index (χ2n) is 7.69. The Labute approximate surface area is 176 Å². The molecular weight excluding hydrogens is 380 g/mol. The number of aryl methyl sites for hydroxylation is 2. The summed E-state index contributed by atoms with van der Waals surface area (Å²) in [6.45, 7) is 4.25. The van der Waals surface area contributed by atoms with E-state index in [1.165, 1.54) is 6.07 Å². The molecule has 1 aromatic heterocycles. The average Bonchev–Trinajstić information content (AvgIpc) is 2.70. The van der Waals surface area contributed by atoms with Gasteiger partial charge in [0, 0.05) is 18.1 Å². The fraction of sp³-hybridized carbons (Fsp3) is 0.400. The summed E-state index contributed by atoms with van der Waals surface area (Å²) >= 11 is 0. The lowest BCUT2D eigenvalue weighted by molar-refractivity contribution is 0.398. The number of benzene rings is 2. The highest BCUT2D eigenvalue weighted by molar-refractivity contribution is 5.87. The lowest BCUT2D eigenvalue weighted by atomic mass is 10.0. The Morgan fingerprint density at radius 3 is 2.40 bits per heavy atom. The molecule has 0 saturated heterocycles. The fourth-order valence-electron chi connectivity index (χ4n) is 3.65. The fourth-order valence-corrected chi connectivity index (χ4v) is 3.65. The number of ether oxygens (including phenoxy) is 1. The van der Waals surface area contributed by atoms with Gasteiger partial charge in [-0.1, -0.05) is 51.7 Å². The third kappa shape index (κ3) is 5.15. The smallest absolute Gasteiger partial charge is 0.347 e. The molecule has 160 valence electrons. The van der Waals surface area contributed by atoms with Crippen molar-refractivity contribution in [2.24, 2.45) is 0 Å². The molecule has 0 atom stereocenters. The van der Waals surface area contributed by atoms with Crippen LogP contribution in [0.5, 0.6) is 23.0 Å². The topological polar surface area (TPSA) is 79.9 Å². The van der Waals surface area contributed by atoms with Gasteiger partial charge in [-0.3, -0.25) is 0 Å². The summed E-state index contributed by atoms with van der Waals surface area (Å²) < 4.78 is 11.6. The molecule has 1 heterocycles. The Morgan fingerprint density at radius 1 is 0.933 bits per heavy atom. The molecule has 0 amide bonds. The van der Waals surface area contributed by atoms with Crippen molar-refractivity contribution < 1.29 is 19.4 Å². The first-order chi connectivity index (χ1) is 14.5. The van der Waals surface area contributed by atoms with Crippen LogP contribution in [-0.2, 0) is 12.8 Å². The summed E-state index contributed by atoms with van der Waals surface area (Å²) in [5, 5.41) is 21.4. The number of fused-ring (bicyclic) bond motifs is 1. The van der Waals surface area contributed by atoms with E-state index in [0.717, 1.165) is 50.3 Å². The van der Waals surface area contributed by atoms with E-state index >= 15 is 0 Å². The van der Waals surface area contributed by atoms with E-state index < -0.39 is 5.63 Å². The highest BCUT2D eigenvalue weighted by atomic mass is 16.5. The number of aromatic hydroxyl groups is 2. The molecule has 3 rings (SSSR count). The quantitative estimate of drug-likeness (QED) is 0.375. The van der Waals surface area contributed by atoms with Gasteiger partial charge in [0.25, 0.3) is 0 Å². The van der Waals surface area contributed by atoms with E-state index in [1.807, 2.05) is 18.2 Å². The third-order valence-corrected chi connectivity index (χ3v) is 5.22. The summed E-state index contributed by atoms with van der Waals surface area (Å²) in [4.78, 5) is 12.7. The Bertz CT molecular complexity index is 1050. The predicted molar refractivity (Wildman–Crippen MR) is 119 cm³/mol. The van der Waals surface area contributed by atoms with Gasteiger partial charge in [0.15, 0.2) is 11.5 Å². The lowest BCUT2D eigenvalue weighted by Gasteiger charge is -2.15. The summed E-state index contributed by atoms with van der Waals surface area (Å²) in [6, 6.07) is 10.1. The molecule has 0 unspecified atom stereocenters. The van der Waals surface area contributed by atoms with Gasteiger partial charge in [0.1, 0.15) is 22.6 Å². The molecule has 0 saturated carbocycles. The Balaban J connectivity index is 1.97. The number of phenolic OH excluding ortho intramolecular Hbond substituents is 2. The SMILES string of the molecule is CCCCCc1cc2cccc(Oc3c(O)cc(O)cc3CCCCC)c2c(=O)o1. The first-order valence-electron chi connectivity index (χ1n) is 10.8. The van der Waals surface area contributed by atoms with Crippen molar-refractivity contribution in [1.82, 2.24) is 0 Å². The van der Waals surface area contributed by atoms with E-state index in [1.54, 1.807) is 12.1 Å². The maximum atomic E-state index is 12.7. The van der Waals surface area contributed by atoms with Gasteiger partial charge in [-0.15, -0.1) is 0 Å². The van der Waals surface area contributed by atoms with Gasteiger partial charge in [-0.05, 0) is 42.8 Å².